The number of rotatable bonds is 7. The van der Waals surface area contributed by atoms with Gasteiger partial charge >= 0.3 is 0 Å². The summed E-state index contributed by atoms with van der Waals surface area (Å²) >= 11 is 0. The molecule has 0 saturated carbocycles. The third-order valence-corrected chi connectivity index (χ3v) is 9.46. The van der Waals surface area contributed by atoms with E-state index in [1.54, 1.807) is 0 Å². The van der Waals surface area contributed by atoms with Crippen molar-refractivity contribution in [3.63, 3.8) is 0 Å². The molecule has 1 heterocycles. The van der Waals surface area contributed by atoms with Crippen molar-refractivity contribution in [1.29, 1.82) is 0 Å². The largest absolute Gasteiger partial charge is 0.455 e. The highest BCUT2D eigenvalue weighted by atomic mass is 16.3. The minimum Gasteiger partial charge on any atom is -0.455 e. The molecule has 50 heavy (non-hydrogen) atoms. The Hall–Kier alpha value is -6.64. The van der Waals surface area contributed by atoms with Crippen LogP contribution in [-0.2, 0) is 0 Å². The first-order chi connectivity index (χ1) is 24.8. The van der Waals surface area contributed by atoms with Crippen LogP contribution < -0.4 is 4.90 Å². The Balaban J connectivity index is 1.21. The van der Waals surface area contributed by atoms with Gasteiger partial charge in [-0.3, -0.25) is 0 Å². The Morgan fingerprint density at radius 3 is 1.82 bits per heavy atom. The average molecular weight is 640 g/mol. The van der Waals surface area contributed by atoms with Crippen LogP contribution in [0.3, 0.4) is 0 Å². The molecule has 0 aliphatic rings. The highest BCUT2D eigenvalue weighted by Crippen LogP contribution is 2.45. The van der Waals surface area contributed by atoms with E-state index in [0.717, 1.165) is 56.0 Å². The van der Waals surface area contributed by atoms with E-state index < -0.39 is 0 Å². The van der Waals surface area contributed by atoms with E-state index >= 15 is 0 Å². The second-order valence-corrected chi connectivity index (χ2v) is 12.5. The van der Waals surface area contributed by atoms with Crippen LogP contribution in [0.15, 0.2) is 205 Å². The van der Waals surface area contributed by atoms with Crippen LogP contribution >= 0.6 is 0 Å². The molecule has 0 saturated heterocycles. The first kappa shape index (κ1) is 29.5. The van der Waals surface area contributed by atoms with Crippen molar-refractivity contribution < 1.29 is 4.42 Å². The normalized spacial score (nSPS) is 11.2. The Morgan fingerprint density at radius 2 is 1.00 bits per heavy atom. The highest BCUT2D eigenvalue weighted by Gasteiger charge is 2.21. The van der Waals surface area contributed by atoms with Gasteiger partial charge in [-0.2, -0.15) is 0 Å². The van der Waals surface area contributed by atoms with Crippen LogP contribution in [0, 0.1) is 0 Å². The van der Waals surface area contributed by atoms with E-state index in [-0.39, 0.29) is 0 Å². The fourth-order valence-electron chi connectivity index (χ4n) is 7.06. The third-order valence-electron chi connectivity index (χ3n) is 9.46. The summed E-state index contributed by atoms with van der Waals surface area (Å²) in [5.41, 5.74) is 12.1. The molecule has 9 rings (SSSR count). The number of anilines is 3. The predicted molar refractivity (Wildman–Crippen MR) is 210 cm³/mol. The monoisotopic (exact) mass is 639 g/mol. The Morgan fingerprint density at radius 1 is 0.360 bits per heavy atom. The summed E-state index contributed by atoms with van der Waals surface area (Å²) in [6, 6.07) is 71.0. The predicted octanol–water partition coefficient (Wildman–Crippen LogP) is 13.7. The summed E-state index contributed by atoms with van der Waals surface area (Å²) in [7, 11) is 0. The smallest absolute Gasteiger partial charge is 0.143 e. The van der Waals surface area contributed by atoms with Gasteiger partial charge in [0, 0.05) is 33.5 Å². The Labute approximate surface area is 292 Å². The highest BCUT2D eigenvalue weighted by molar-refractivity contribution is 6.02. The molecule has 0 amide bonds. The van der Waals surface area contributed by atoms with Gasteiger partial charge in [-0.1, -0.05) is 158 Å². The summed E-state index contributed by atoms with van der Waals surface area (Å²) in [5.74, 6) is 0.863. The van der Waals surface area contributed by atoms with Crippen LogP contribution in [0.2, 0.25) is 0 Å². The van der Waals surface area contributed by atoms with Crippen molar-refractivity contribution in [2.75, 3.05) is 4.90 Å². The van der Waals surface area contributed by atoms with Gasteiger partial charge in [-0.05, 0) is 75.5 Å². The van der Waals surface area contributed by atoms with Crippen LogP contribution in [0.25, 0.3) is 66.4 Å². The topological polar surface area (TPSA) is 16.4 Å². The molecule has 236 valence electrons. The molecule has 0 radical (unpaired) electrons. The van der Waals surface area contributed by atoms with Crippen molar-refractivity contribution in [3.05, 3.63) is 200 Å². The van der Waals surface area contributed by atoms with Crippen molar-refractivity contribution in [1.82, 2.24) is 0 Å². The number of para-hydroxylation sites is 2. The summed E-state index contributed by atoms with van der Waals surface area (Å²) in [4.78, 5) is 2.36. The molecule has 0 N–H and O–H groups in total. The lowest BCUT2D eigenvalue weighted by atomic mass is 9.97. The minimum absolute atomic E-state index is 0.863. The van der Waals surface area contributed by atoms with Crippen LogP contribution in [0.4, 0.5) is 17.1 Å². The number of benzene rings is 8. The van der Waals surface area contributed by atoms with E-state index in [1.165, 1.54) is 27.5 Å². The third kappa shape index (κ3) is 5.43. The van der Waals surface area contributed by atoms with Gasteiger partial charge in [-0.15, -0.1) is 0 Å². The zero-order chi connectivity index (χ0) is 33.3. The van der Waals surface area contributed by atoms with Gasteiger partial charge in [-0.25, -0.2) is 0 Å². The van der Waals surface area contributed by atoms with Gasteiger partial charge in [0.25, 0.3) is 0 Å². The maximum absolute atomic E-state index is 6.66. The molecule has 8 aromatic carbocycles. The molecular formula is C48H33NO. The molecule has 0 aliphatic heterocycles. The van der Waals surface area contributed by atoms with Gasteiger partial charge in [0.05, 0.1) is 5.69 Å². The molecule has 0 fully saturated rings. The standard InChI is InChI=1S/C48H33NO/c1-3-15-36(16-4-1)43-22-9-11-24-45(43)49(41-30-28-35(29-31-41)39-27-26-34-14-7-8-19-38(34)32-39)42-21-13-20-40(33-42)48-47(37-17-5-2-6-18-37)44-23-10-12-25-46(44)50-48/h1-33H. The van der Waals surface area contributed by atoms with E-state index in [4.69, 9.17) is 4.42 Å². The van der Waals surface area contributed by atoms with E-state index in [9.17, 15) is 0 Å². The van der Waals surface area contributed by atoms with Crippen molar-refractivity contribution in [3.8, 4) is 44.7 Å². The molecule has 2 heteroatoms. The Kier molecular flexibility index (Phi) is 7.53. The summed E-state index contributed by atoms with van der Waals surface area (Å²) in [6.07, 6.45) is 0. The lowest BCUT2D eigenvalue weighted by Gasteiger charge is -2.28. The SMILES string of the molecule is c1ccc(-c2ccccc2N(c2ccc(-c3ccc4ccccc4c3)cc2)c2cccc(-c3oc4ccccc4c3-c3ccccc3)c2)cc1. The van der Waals surface area contributed by atoms with Gasteiger partial charge in [0.15, 0.2) is 0 Å². The van der Waals surface area contributed by atoms with Gasteiger partial charge in [0.2, 0.25) is 0 Å². The van der Waals surface area contributed by atoms with Crippen LogP contribution in [0.5, 0.6) is 0 Å². The fraction of sp³-hybridized carbons (Fsp3) is 0. The number of hydrogen-bond donors (Lipinski definition) is 0. The number of fused-ring (bicyclic) bond motifs is 2. The van der Waals surface area contributed by atoms with Crippen molar-refractivity contribution in [2.24, 2.45) is 0 Å². The molecule has 0 spiro atoms. The lowest BCUT2D eigenvalue weighted by molar-refractivity contribution is 0.632. The first-order valence-electron chi connectivity index (χ1n) is 17.0. The van der Waals surface area contributed by atoms with Crippen molar-refractivity contribution in [2.45, 2.75) is 0 Å². The minimum atomic E-state index is 0.863. The summed E-state index contributed by atoms with van der Waals surface area (Å²) in [5, 5.41) is 3.59. The quantitative estimate of drug-likeness (QED) is 0.173. The number of hydrogen-bond acceptors (Lipinski definition) is 2. The Bertz CT molecular complexity index is 2580. The summed E-state index contributed by atoms with van der Waals surface area (Å²) < 4.78 is 6.66. The number of nitrogens with zero attached hydrogens (tertiary/aromatic N) is 1. The molecule has 0 atom stereocenters. The zero-order valence-electron chi connectivity index (χ0n) is 27.4. The molecule has 1 aromatic heterocycles. The lowest BCUT2D eigenvalue weighted by Crippen LogP contribution is -2.11. The molecule has 0 aliphatic carbocycles. The second kappa shape index (κ2) is 12.8. The van der Waals surface area contributed by atoms with E-state index in [0.29, 0.717) is 0 Å². The molecule has 2 nitrogen and oxygen atoms in total. The molecule has 0 bridgehead atoms. The van der Waals surface area contributed by atoms with E-state index in [2.05, 4.69) is 199 Å². The van der Waals surface area contributed by atoms with Gasteiger partial charge < -0.3 is 9.32 Å². The average Bonchev–Trinajstić information content (AvgIpc) is 3.59. The molecule has 0 unspecified atom stereocenters. The molecular weight excluding hydrogens is 607 g/mol. The maximum Gasteiger partial charge on any atom is 0.143 e. The van der Waals surface area contributed by atoms with Crippen molar-refractivity contribution >= 4 is 38.8 Å². The van der Waals surface area contributed by atoms with E-state index in [1.807, 2.05) is 6.07 Å². The number of furan rings is 1. The van der Waals surface area contributed by atoms with Gasteiger partial charge in [0.1, 0.15) is 11.3 Å². The molecule has 9 aromatic rings. The zero-order valence-corrected chi connectivity index (χ0v) is 27.4. The van der Waals surface area contributed by atoms with Crippen LogP contribution in [0.1, 0.15) is 0 Å². The summed E-state index contributed by atoms with van der Waals surface area (Å²) in [6.45, 7) is 0. The fourth-order valence-corrected chi connectivity index (χ4v) is 7.06. The second-order valence-electron chi connectivity index (χ2n) is 12.5. The van der Waals surface area contributed by atoms with Crippen LogP contribution in [-0.4, -0.2) is 0 Å². The maximum atomic E-state index is 6.66. The first-order valence-corrected chi connectivity index (χ1v) is 17.0.